The van der Waals surface area contributed by atoms with Crippen molar-refractivity contribution in [3.05, 3.63) is 46.7 Å². The summed E-state index contributed by atoms with van der Waals surface area (Å²) in [5.74, 6) is 2.39. The van der Waals surface area contributed by atoms with E-state index >= 15 is 0 Å². The second-order valence-electron chi connectivity index (χ2n) is 10.2. The topological polar surface area (TPSA) is 44.5 Å². The Morgan fingerprint density at radius 3 is 2.56 bits per heavy atom. The number of anilines is 1. The lowest BCUT2D eigenvalue weighted by molar-refractivity contribution is 0.0736. The molecule has 0 amide bonds. The van der Waals surface area contributed by atoms with Crippen molar-refractivity contribution >= 4 is 29.5 Å². The maximum atomic E-state index is 6.70. The number of ether oxygens (including phenoxy) is 1. The SMILES string of the molecule is CCc1cnc(N2C3CC(Oc4ccc(CN5CCN(SC)CC5)cc4Cl)CC4CCC432)nc1. The van der Waals surface area contributed by atoms with Gasteiger partial charge in [-0.1, -0.05) is 36.5 Å². The largest absolute Gasteiger partial charge is 0.489 e. The molecule has 6 nitrogen and oxygen atoms in total. The Hall–Kier alpha value is -1.54. The first-order chi connectivity index (χ1) is 16.6. The molecule has 182 valence electrons. The molecule has 3 heterocycles. The third kappa shape index (κ3) is 3.98. The highest BCUT2D eigenvalue weighted by atomic mass is 35.5. The first-order valence-corrected chi connectivity index (χ1v) is 14.2. The molecule has 8 heteroatoms. The lowest BCUT2D eigenvalue weighted by atomic mass is 9.64. The van der Waals surface area contributed by atoms with Gasteiger partial charge in [0.2, 0.25) is 5.95 Å². The van der Waals surface area contributed by atoms with Crippen molar-refractivity contribution < 1.29 is 4.74 Å². The van der Waals surface area contributed by atoms with Gasteiger partial charge in [0, 0.05) is 51.5 Å². The Morgan fingerprint density at radius 1 is 1.12 bits per heavy atom. The maximum Gasteiger partial charge on any atom is 0.226 e. The van der Waals surface area contributed by atoms with Gasteiger partial charge in [-0.15, -0.1) is 0 Å². The number of hydrogen-bond donors (Lipinski definition) is 0. The Kier molecular flexibility index (Phi) is 6.17. The van der Waals surface area contributed by atoms with E-state index in [1.54, 1.807) is 0 Å². The van der Waals surface area contributed by atoms with Gasteiger partial charge in [0.05, 0.1) is 16.6 Å². The van der Waals surface area contributed by atoms with Gasteiger partial charge in [0.25, 0.3) is 0 Å². The van der Waals surface area contributed by atoms with Crippen molar-refractivity contribution in [1.29, 1.82) is 0 Å². The zero-order chi connectivity index (χ0) is 23.3. The molecule has 2 saturated heterocycles. The number of piperazine rings is 1. The van der Waals surface area contributed by atoms with Crippen LogP contribution in [0.2, 0.25) is 5.02 Å². The highest BCUT2D eigenvalue weighted by molar-refractivity contribution is 7.96. The first-order valence-electron chi connectivity index (χ1n) is 12.7. The quantitative estimate of drug-likeness (QED) is 0.405. The fourth-order valence-electron chi connectivity index (χ4n) is 6.43. The number of aromatic nitrogens is 2. The van der Waals surface area contributed by atoms with Crippen LogP contribution in [0.4, 0.5) is 5.95 Å². The molecule has 34 heavy (non-hydrogen) atoms. The fraction of sp³-hybridized carbons (Fsp3) is 0.615. The average Bonchev–Trinajstić information content (AvgIpc) is 3.55. The molecule has 6 rings (SSSR count). The summed E-state index contributed by atoms with van der Waals surface area (Å²) in [6, 6.07) is 6.86. The lowest BCUT2D eigenvalue weighted by Crippen LogP contribution is -2.46. The molecule has 2 aromatic rings. The summed E-state index contributed by atoms with van der Waals surface area (Å²) in [5.41, 5.74) is 2.75. The predicted molar refractivity (Wildman–Crippen MR) is 139 cm³/mol. The van der Waals surface area contributed by atoms with Gasteiger partial charge < -0.3 is 9.64 Å². The fourth-order valence-corrected chi connectivity index (χ4v) is 7.20. The second kappa shape index (κ2) is 9.16. The summed E-state index contributed by atoms with van der Waals surface area (Å²) in [5, 5.41) is 0.733. The Morgan fingerprint density at radius 2 is 1.91 bits per heavy atom. The molecule has 1 aromatic carbocycles. The third-order valence-corrected chi connectivity index (χ3v) is 9.68. The third-order valence-electron chi connectivity index (χ3n) is 8.50. The molecule has 1 spiro atoms. The number of hydrogen-bond acceptors (Lipinski definition) is 7. The smallest absolute Gasteiger partial charge is 0.226 e. The van der Waals surface area contributed by atoms with Gasteiger partial charge in [-0.3, -0.25) is 4.90 Å². The first kappa shape index (κ1) is 22.9. The molecule has 1 aromatic heterocycles. The number of nitrogens with zero attached hydrogens (tertiary/aromatic N) is 5. The van der Waals surface area contributed by atoms with E-state index in [1.807, 2.05) is 24.3 Å². The van der Waals surface area contributed by atoms with E-state index in [4.69, 9.17) is 16.3 Å². The van der Waals surface area contributed by atoms with Crippen molar-refractivity contribution in [1.82, 2.24) is 19.2 Å². The van der Waals surface area contributed by atoms with Crippen LogP contribution in [0.25, 0.3) is 0 Å². The Balaban J connectivity index is 1.09. The van der Waals surface area contributed by atoms with Gasteiger partial charge in [0.1, 0.15) is 11.9 Å². The van der Waals surface area contributed by atoms with Crippen LogP contribution in [0, 0.1) is 5.92 Å². The minimum atomic E-state index is 0.200. The van der Waals surface area contributed by atoms with Crippen LogP contribution in [-0.4, -0.2) is 69.3 Å². The summed E-state index contributed by atoms with van der Waals surface area (Å²) in [4.78, 5) is 14.4. The van der Waals surface area contributed by atoms with Gasteiger partial charge in [0.15, 0.2) is 0 Å². The minimum absolute atomic E-state index is 0.200. The highest BCUT2D eigenvalue weighted by Gasteiger charge is 2.74. The van der Waals surface area contributed by atoms with Crippen molar-refractivity contribution in [2.45, 2.75) is 63.3 Å². The second-order valence-corrected chi connectivity index (χ2v) is 11.5. The molecule has 2 aliphatic heterocycles. The molecule has 4 aliphatic rings. The van der Waals surface area contributed by atoms with Crippen LogP contribution < -0.4 is 9.64 Å². The summed E-state index contributed by atoms with van der Waals surface area (Å²) in [6.45, 7) is 7.53. The molecule has 4 unspecified atom stereocenters. The number of benzene rings is 1. The van der Waals surface area contributed by atoms with Crippen molar-refractivity contribution in [2.24, 2.45) is 5.92 Å². The van der Waals surface area contributed by atoms with Gasteiger partial charge in [-0.2, -0.15) is 0 Å². The average molecular weight is 500 g/mol. The zero-order valence-electron chi connectivity index (χ0n) is 20.1. The molecule has 0 N–H and O–H groups in total. The van der Waals surface area contributed by atoms with Crippen LogP contribution in [-0.2, 0) is 13.0 Å². The monoisotopic (exact) mass is 499 g/mol. The van der Waals surface area contributed by atoms with Crippen LogP contribution in [0.5, 0.6) is 5.75 Å². The van der Waals surface area contributed by atoms with E-state index in [2.05, 4.69) is 55.5 Å². The van der Waals surface area contributed by atoms with Crippen LogP contribution >= 0.6 is 23.5 Å². The number of rotatable bonds is 7. The highest BCUT2D eigenvalue weighted by Crippen LogP contribution is 2.65. The van der Waals surface area contributed by atoms with E-state index in [1.165, 1.54) is 24.0 Å². The molecule has 2 aliphatic carbocycles. The summed E-state index contributed by atoms with van der Waals surface area (Å²) >= 11 is 8.55. The zero-order valence-corrected chi connectivity index (χ0v) is 21.7. The van der Waals surface area contributed by atoms with Crippen molar-refractivity contribution in [2.75, 3.05) is 37.3 Å². The summed E-state index contributed by atoms with van der Waals surface area (Å²) < 4.78 is 8.93. The molecule has 0 radical (unpaired) electrons. The molecule has 4 atom stereocenters. The molecular formula is C26H34ClN5OS. The summed E-state index contributed by atoms with van der Waals surface area (Å²) in [6.07, 6.45) is 11.9. The van der Waals surface area contributed by atoms with Gasteiger partial charge in [-0.05, 0) is 61.1 Å². The molecule has 4 fully saturated rings. The Labute approximate surface area is 212 Å². The van der Waals surface area contributed by atoms with E-state index in [0.29, 0.717) is 17.5 Å². The van der Waals surface area contributed by atoms with Crippen LogP contribution in [0.15, 0.2) is 30.6 Å². The van der Waals surface area contributed by atoms with E-state index < -0.39 is 0 Å². The molecule has 0 bridgehead atoms. The number of aryl methyl sites for hydroxylation is 1. The maximum absolute atomic E-state index is 6.70. The van der Waals surface area contributed by atoms with E-state index in [9.17, 15) is 0 Å². The van der Waals surface area contributed by atoms with Crippen molar-refractivity contribution in [3.63, 3.8) is 0 Å². The standard InChI is InChI=1S/C26H34ClN5OS/c1-3-18-15-28-25(29-16-18)32-24-14-21(13-20-6-7-26(20,24)32)33-23-5-4-19(12-22(23)27)17-30-8-10-31(34-2)11-9-30/h4-5,12,15-16,20-21,24H,3,6-11,13-14,17H2,1-2H3. The summed E-state index contributed by atoms with van der Waals surface area (Å²) in [7, 11) is 0. The predicted octanol–water partition coefficient (Wildman–Crippen LogP) is 4.67. The Bertz CT molecular complexity index is 1030. The molecular weight excluding hydrogens is 466 g/mol. The van der Waals surface area contributed by atoms with Gasteiger partial charge >= 0.3 is 0 Å². The lowest BCUT2D eigenvalue weighted by Gasteiger charge is -2.42. The molecule has 2 saturated carbocycles. The number of halogens is 1. The van der Waals surface area contributed by atoms with Crippen molar-refractivity contribution in [3.8, 4) is 5.75 Å². The normalized spacial score (nSPS) is 30.9. The van der Waals surface area contributed by atoms with Gasteiger partial charge in [-0.25, -0.2) is 14.3 Å². The van der Waals surface area contributed by atoms with E-state index in [0.717, 1.165) is 68.7 Å². The van der Waals surface area contributed by atoms with Crippen LogP contribution in [0.1, 0.15) is 43.7 Å². The van der Waals surface area contributed by atoms with Crippen LogP contribution in [0.3, 0.4) is 0 Å². The minimum Gasteiger partial charge on any atom is -0.489 e. The van der Waals surface area contributed by atoms with E-state index in [-0.39, 0.29) is 6.10 Å².